The number of hydrogen-bond donors (Lipinski definition) is 1. The van der Waals surface area contributed by atoms with Crippen LogP contribution in [0.25, 0.3) is 0 Å². The van der Waals surface area contributed by atoms with E-state index in [1.807, 2.05) is 24.3 Å². The largest absolute Gasteiger partial charge is 0.469 e. The van der Waals surface area contributed by atoms with E-state index in [9.17, 15) is 9.59 Å². The fourth-order valence-electron chi connectivity index (χ4n) is 4.21. The van der Waals surface area contributed by atoms with Crippen molar-refractivity contribution in [3.8, 4) is 0 Å². The fourth-order valence-corrected chi connectivity index (χ4v) is 4.21. The van der Waals surface area contributed by atoms with E-state index >= 15 is 0 Å². The Balaban J connectivity index is 1.52. The van der Waals surface area contributed by atoms with Crippen LogP contribution in [0.2, 0.25) is 0 Å². The first kappa shape index (κ1) is 15.9. The van der Waals surface area contributed by atoms with Gasteiger partial charge in [-0.15, -0.1) is 0 Å². The zero-order chi connectivity index (χ0) is 17.6. The van der Waals surface area contributed by atoms with Crippen LogP contribution in [-0.4, -0.2) is 45.1 Å². The summed E-state index contributed by atoms with van der Waals surface area (Å²) in [6.45, 7) is 3.05. The molecule has 1 N–H and O–H groups in total. The highest BCUT2D eigenvalue weighted by atomic mass is 16.3. The molecule has 2 aliphatic heterocycles. The molecule has 4 heterocycles. The van der Waals surface area contributed by atoms with Gasteiger partial charge in [0.1, 0.15) is 5.76 Å². The number of aromatic nitrogens is 2. The van der Waals surface area contributed by atoms with E-state index in [1.165, 1.54) is 0 Å². The van der Waals surface area contributed by atoms with Crippen molar-refractivity contribution in [2.24, 2.45) is 7.05 Å². The minimum atomic E-state index is -0.275. The smallest absolute Gasteiger partial charge is 0.257 e. The van der Waals surface area contributed by atoms with E-state index in [-0.39, 0.29) is 23.3 Å². The van der Waals surface area contributed by atoms with Crippen molar-refractivity contribution in [1.82, 2.24) is 20.0 Å². The Morgan fingerprint density at radius 2 is 2.16 bits per heavy atom. The molecule has 0 aromatic carbocycles. The van der Waals surface area contributed by atoms with E-state index in [0.29, 0.717) is 30.8 Å². The number of rotatable bonds is 2. The summed E-state index contributed by atoms with van der Waals surface area (Å²) in [4.78, 5) is 26.6. The molecule has 0 unspecified atom stereocenters. The SMILES string of the molecule is Cc1occc1C(=O)N1CCC2(CC1)NC(=O)C[C@H]2c1cnn(C)c1. The first-order valence-corrected chi connectivity index (χ1v) is 8.61. The third-order valence-corrected chi connectivity index (χ3v) is 5.60. The van der Waals surface area contributed by atoms with Gasteiger partial charge >= 0.3 is 0 Å². The predicted molar refractivity (Wildman–Crippen MR) is 90.0 cm³/mol. The van der Waals surface area contributed by atoms with Crippen LogP contribution in [0.15, 0.2) is 29.1 Å². The summed E-state index contributed by atoms with van der Waals surface area (Å²) in [5.74, 6) is 0.844. The van der Waals surface area contributed by atoms with Crippen LogP contribution in [0.4, 0.5) is 0 Å². The average Bonchev–Trinajstić information content (AvgIpc) is 3.27. The lowest BCUT2D eigenvalue weighted by molar-refractivity contribution is -0.120. The van der Waals surface area contributed by atoms with E-state index in [2.05, 4.69) is 10.4 Å². The zero-order valence-electron chi connectivity index (χ0n) is 14.5. The van der Waals surface area contributed by atoms with Gasteiger partial charge in [-0.05, 0) is 31.4 Å². The summed E-state index contributed by atoms with van der Waals surface area (Å²) in [6, 6.07) is 1.72. The maximum atomic E-state index is 12.7. The second kappa shape index (κ2) is 5.75. The molecule has 0 saturated carbocycles. The van der Waals surface area contributed by atoms with Gasteiger partial charge in [-0.25, -0.2) is 0 Å². The first-order chi connectivity index (χ1) is 12.0. The topological polar surface area (TPSA) is 80.4 Å². The van der Waals surface area contributed by atoms with Crippen molar-refractivity contribution in [1.29, 1.82) is 0 Å². The lowest BCUT2D eigenvalue weighted by Crippen LogP contribution is -2.54. The minimum absolute atomic E-state index is 0.00310. The molecular formula is C18H22N4O3. The highest BCUT2D eigenvalue weighted by molar-refractivity contribution is 5.95. The summed E-state index contributed by atoms with van der Waals surface area (Å²) >= 11 is 0. The van der Waals surface area contributed by atoms with Gasteiger partial charge < -0.3 is 14.6 Å². The molecule has 0 aliphatic carbocycles. The quantitative estimate of drug-likeness (QED) is 0.899. The number of furan rings is 1. The van der Waals surface area contributed by atoms with Crippen molar-refractivity contribution in [3.05, 3.63) is 41.6 Å². The number of carbonyl (C=O) groups is 2. The Morgan fingerprint density at radius 3 is 2.76 bits per heavy atom. The second-order valence-corrected chi connectivity index (χ2v) is 7.09. The highest BCUT2D eigenvalue weighted by Crippen LogP contribution is 2.43. The van der Waals surface area contributed by atoms with Gasteiger partial charge in [0.15, 0.2) is 0 Å². The second-order valence-electron chi connectivity index (χ2n) is 7.09. The van der Waals surface area contributed by atoms with Gasteiger partial charge in [0.2, 0.25) is 5.91 Å². The molecule has 2 saturated heterocycles. The molecule has 2 amide bonds. The third-order valence-electron chi connectivity index (χ3n) is 5.60. The van der Waals surface area contributed by atoms with Gasteiger partial charge in [0, 0.05) is 38.7 Å². The molecule has 2 aliphatic rings. The maximum absolute atomic E-state index is 12.7. The van der Waals surface area contributed by atoms with Gasteiger partial charge in [0.05, 0.1) is 23.6 Å². The molecule has 7 nitrogen and oxygen atoms in total. The fraction of sp³-hybridized carbons (Fsp3) is 0.500. The van der Waals surface area contributed by atoms with Crippen molar-refractivity contribution < 1.29 is 14.0 Å². The number of amides is 2. The summed E-state index contributed by atoms with van der Waals surface area (Å²) in [7, 11) is 1.88. The van der Waals surface area contributed by atoms with Crippen LogP contribution in [0.3, 0.4) is 0 Å². The number of hydrogen-bond acceptors (Lipinski definition) is 4. The number of likely N-dealkylation sites (tertiary alicyclic amines) is 1. The molecule has 2 aromatic rings. The summed E-state index contributed by atoms with van der Waals surface area (Å²) in [5, 5.41) is 7.45. The number of nitrogens with zero attached hydrogens (tertiary/aromatic N) is 3. The molecular weight excluding hydrogens is 320 g/mol. The van der Waals surface area contributed by atoms with Gasteiger partial charge in [-0.3, -0.25) is 14.3 Å². The number of nitrogens with one attached hydrogen (secondary N) is 1. The zero-order valence-corrected chi connectivity index (χ0v) is 14.5. The number of carbonyl (C=O) groups excluding carboxylic acids is 2. The standard InChI is InChI=1S/C18H22N4O3/c1-12-14(3-8-25-12)17(24)22-6-4-18(5-7-22)15(9-16(23)20-18)13-10-19-21(2)11-13/h3,8,10-11,15H,4-7,9H2,1-2H3,(H,20,23)/t15-/m0/s1. The van der Waals surface area contributed by atoms with E-state index in [0.717, 1.165) is 18.4 Å². The molecule has 7 heteroatoms. The van der Waals surface area contributed by atoms with Crippen molar-refractivity contribution in [2.75, 3.05) is 13.1 Å². The van der Waals surface area contributed by atoms with Crippen LogP contribution >= 0.6 is 0 Å². The van der Waals surface area contributed by atoms with Gasteiger partial charge in [-0.1, -0.05) is 0 Å². The summed E-state index contributed by atoms with van der Waals surface area (Å²) in [6.07, 6.45) is 7.37. The Bertz CT molecular complexity index is 814. The Hall–Kier alpha value is -2.57. The summed E-state index contributed by atoms with van der Waals surface area (Å²) < 4.78 is 7.02. The molecule has 0 bridgehead atoms. The van der Waals surface area contributed by atoms with Crippen LogP contribution in [-0.2, 0) is 11.8 Å². The number of piperidine rings is 1. The predicted octanol–water partition coefficient (Wildman–Crippen LogP) is 1.60. The van der Waals surface area contributed by atoms with Crippen LogP contribution < -0.4 is 5.32 Å². The molecule has 4 rings (SSSR count). The lowest BCUT2D eigenvalue weighted by Gasteiger charge is -2.42. The molecule has 1 atom stereocenters. The molecule has 1 spiro atoms. The molecule has 25 heavy (non-hydrogen) atoms. The maximum Gasteiger partial charge on any atom is 0.257 e. The van der Waals surface area contributed by atoms with Crippen molar-refractivity contribution in [3.63, 3.8) is 0 Å². The Labute approximate surface area is 146 Å². The molecule has 132 valence electrons. The monoisotopic (exact) mass is 342 g/mol. The van der Waals surface area contributed by atoms with E-state index in [1.54, 1.807) is 23.9 Å². The van der Waals surface area contributed by atoms with Crippen LogP contribution in [0.1, 0.15) is 46.9 Å². The van der Waals surface area contributed by atoms with Crippen LogP contribution in [0.5, 0.6) is 0 Å². The minimum Gasteiger partial charge on any atom is -0.469 e. The molecule has 0 radical (unpaired) electrons. The van der Waals surface area contributed by atoms with Crippen molar-refractivity contribution >= 4 is 11.8 Å². The van der Waals surface area contributed by atoms with E-state index in [4.69, 9.17) is 4.42 Å². The van der Waals surface area contributed by atoms with Gasteiger partial charge in [-0.2, -0.15) is 5.10 Å². The summed E-state index contributed by atoms with van der Waals surface area (Å²) in [5.41, 5.74) is 1.43. The first-order valence-electron chi connectivity index (χ1n) is 8.61. The van der Waals surface area contributed by atoms with Gasteiger partial charge in [0.25, 0.3) is 5.91 Å². The normalized spacial score (nSPS) is 22.4. The molecule has 2 aromatic heterocycles. The van der Waals surface area contributed by atoms with Crippen molar-refractivity contribution in [2.45, 2.75) is 37.6 Å². The third kappa shape index (κ3) is 2.63. The Morgan fingerprint density at radius 1 is 1.40 bits per heavy atom. The lowest BCUT2D eigenvalue weighted by atomic mass is 9.75. The number of aryl methyl sites for hydroxylation is 2. The van der Waals surface area contributed by atoms with E-state index < -0.39 is 0 Å². The molecule has 2 fully saturated rings. The average molecular weight is 342 g/mol. The highest BCUT2D eigenvalue weighted by Gasteiger charge is 2.49. The Kier molecular flexibility index (Phi) is 3.67. The van der Waals surface area contributed by atoms with Crippen LogP contribution in [0, 0.1) is 6.92 Å².